The van der Waals surface area contributed by atoms with E-state index in [1.165, 1.54) is 0 Å². The third-order valence-electron chi connectivity index (χ3n) is 6.97. The van der Waals surface area contributed by atoms with Crippen LogP contribution in [-0.4, -0.2) is 40.4 Å². The maximum Gasteiger partial charge on any atom is 0.226 e. The molecule has 0 aliphatic carbocycles. The average Bonchev–Trinajstić information content (AvgIpc) is 3.49. The molecule has 1 saturated heterocycles. The number of aryl methyl sites for hydroxylation is 1. The Balaban J connectivity index is 1.61. The lowest BCUT2D eigenvalue weighted by atomic mass is 9.73. The largest absolute Gasteiger partial charge is 0.496 e. The molecule has 3 aliphatic heterocycles. The minimum atomic E-state index is -0.875. The van der Waals surface area contributed by atoms with Crippen molar-refractivity contribution >= 4 is 11.5 Å². The normalized spacial score (nSPS) is 31.4. The number of fused-ring (bicyclic) bond motifs is 5. The topological polar surface area (TPSA) is 79.5 Å². The van der Waals surface area contributed by atoms with Crippen molar-refractivity contribution in [3.63, 3.8) is 0 Å². The van der Waals surface area contributed by atoms with Gasteiger partial charge in [-0.25, -0.2) is 4.99 Å². The van der Waals surface area contributed by atoms with E-state index >= 15 is 0 Å². The van der Waals surface area contributed by atoms with Gasteiger partial charge in [-0.05, 0) is 62.8 Å². The fourth-order valence-corrected chi connectivity index (χ4v) is 5.61. The Labute approximate surface area is 183 Å². The van der Waals surface area contributed by atoms with E-state index in [9.17, 15) is 4.79 Å². The molecule has 3 aliphatic rings. The molecule has 2 bridgehead atoms. The van der Waals surface area contributed by atoms with Crippen molar-refractivity contribution in [3.05, 3.63) is 59.4 Å². The Morgan fingerprint density at radius 2 is 2.10 bits per heavy atom. The molecule has 1 spiro atoms. The van der Waals surface area contributed by atoms with Crippen LogP contribution >= 0.6 is 0 Å². The Morgan fingerprint density at radius 1 is 1.19 bits per heavy atom. The highest BCUT2D eigenvalue weighted by Gasteiger charge is 2.56. The average molecular weight is 422 g/mol. The first-order chi connectivity index (χ1) is 15.1. The summed E-state index contributed by atoms with van der Waals surface area (Å²) in [5, 5.41) is 0. The molecule has 164 valence electrons. The Morgan fingerprint density at radius 3 is 2.90 bits per heavy atom. The zero-order valence-electron chi connectivity index (χ0n) is 18.3. The number of aromatic nitrogens is 2. The Hall–Kier alpha value is -2.60. The van der Waals surface area contributed by atoms with Crippen LogP contribution in [0.15, 0.2) is 47.3 Å². The van der Waals surface area contributed by atoms with Crippen LogP contribution in [0.4, 0.5) is 0 Å². The third-order valence-corrected chi connectivity index (χ3v) is 6.97. The van der Waals surface area contributed by atoms with Crippen LogP contribution in [0.1, 0.15) is 68.4 Å². The molecule has 2 aromatic heterocycles. The van der Waals surface area contributed by atoms with Gasteiger partial charge in [0.2, 0.25) is 5.72 Å². The summed E-state index contributed by atoms with van der Waals surface area (Å²) in [6.45, 7) is 2.13. The second-order valence-electron chi connectivity index (χ2n) is 9.12. The number of Topliss-reactive ketones (excluding diaryl/α,β-unsaturated/α-hetero) is 1. The van der Waals surface area contributed by atoms with Gasteiger partial charge in [0, 0.05) is 36.5 Å². The van der Waals surface area contributed by atoms with Gasteiger partial charge in [0.15, 0.2) is 5.76 Å². The quantitative estimate of drug-likeness (QED) is 0.740. The minimum Gasteiger partial charge on any atom is -0.496 e. The first-order valence-electron chi connectivity index (χ1n) is 11.5. The summed E-state index contributed by atoms with van der Waals surface area (Å²) in [6, 6.07) is 8.27. The molecule has 2 aromatic rings. The lowest BCUT2D eigenvalue weighted by molar-refractivity contribution is -0.147. The van der Waals surface area contributed by atoms with Crippen molar-refractivity contribution in [2.24, 2.45) is 10.9 Å². The van der Waals surface area contributed by atoms with Crippen LogP contribution < -0.4 is 0 Å². The summed E-state index contributed by atoms with van der Waals surface area (Å²) in [4.78, 5) is 24.3. The highest BCUT2D eigenvalue weighted by molar-refractivity contribution is 6.09. The number of ether oxygens (including phenoxy) is 2. The predicted molar refractivity (Wildman–Crippen MR) is 119 cm³/mol. The van der Waals surface area contributed by atoms with Gasteiger partial charge in [-0.1, -0.05) is 6.42 Å². The number of allylic oxidation sites excluding steroid dienone is 1. The van der Waals surface area contributed by atoms with Crippen molar-refractivity contribution in [3.8, 4) is 0 Å². The summed E-state index contributed by atoms with van der Waals surface area (Å²) < 4.78 is 12.6. The molecule has 1 unspecified atom stereocenters. The number of nitrogens with one attached hydrogen (secondary N) is 2. The second kappa shape index (κ2) is 8.15. The van der Waals surface area contributed by atoms with E-state index in [4.69, 9.17) is 14.5 Å². The molecule has 6 nitrogen and oxygen atoms in total. The lowest BCUT2D eigenvalue weighted by Crippen LogP contribution is -2.49. The molecule has 2 N–H and O–H groups in total. The Bertz CT molecular complexity index is 1000. The maximum atomic E-state index is 12.2. The first-order valence-corrected chi connectivity index (χ1v) is 11.5. The second-order valence-corrected chi connectivity index (χ2v) is 9.12. The van der Waals surface area contributed by atoms with Crippen LogP contribution in [0, 0.1) is 5.92 Å². The molecule has 31 heavy (non-hydrogen) atoms. The van der Waals surface area contributed by atoms with Crippen molar-refractivity contribution < 1.29 is 14.3 Å². The van der Waals surface area contributed by atoms with Gasteiger partial charge >= 0.3 is 0 Å². The number of aromatic amines is 2. The number of ketones is 1. The fourth-order valence-electron chi connectivity index (χ4n) is 5.61. The van der Waals surface area contributed by atoms with Gasteiger partial charge < -0.3 is 19.4 Å². The summed E-state index contributed by atoms with van der Waals surface area (Å²) in [5.41, 5.74) is 3.17. The number of hydrogen-bond donors (Lipinski definition) is 2. The zero-order valence-corrected chi connectivity index (χ0v) is 18.3. The van der Waals surface area contributed by atoms with Crippen LogP contribution in [-0.2, 0) is 20.7 Å². The van der Waals surface area contributed by atoms with Crippen LogP contribution in [0.5, 0.6) is 0 Å². The maximum absolute atomic E-state index is 12.2. The number of carbonyl (C=O) groups is 1. The van der Waals surface area contributed by atoms with Gasteiger partial charge in [-0.3, -0.25) is 4.79 Å². The van der Waals surface area contributed by atoms with E-state index < -0.39 is 5.72 Å². The van der Waals surface area contributed by atoms with E-state index in [1.54, 1.807) is 7.11 Å². The smallest absolute Gasteiger partial charge is 0.226 e. The third kappa shape index (κ3) is 3.67. The van der Waals surface area contributed by atoms with Crippen LogP contribution in [0.2, 0.25) is 0 Å². The van der Waals surface area contributed by atoms with Gasteiger partial charge in [0.25, 0.3) is 0 Å². The molecular weight excluding hydrogens is 390 g/mol. The van der Waals surface area contributed by atoms with Gasteiger partial charge in [0.05, 0.1) is 30.5 Å². The minimum absolute atomic E-state index is 0.0336. The molecule has 6 heteroatoms. The van der Waals surface area contributed by atoms with Crippen molar-refractivity contribution in [1.82, 2.24) is 9.97 Å². The highest BCUT2D eigenvalue weighted by Crippen LogP contribution is 2.53. The summed E-state index contributed by atoms with van der Waals surface area (Å²) in [5.74, 6) is 1.55. The van der Waals surface area contributed by atoms with Gasteiger partial charge in [-0.2, -0.15) is 0 Å². The van der Waals surface area contributed by atoms with Crippen molar-refractivity contribution in [2.45, 2.75) is 69.6 Å². The molecule has 5 rings (SSSR count). The fraction of sp³-hybridized carbons (Fsp3) is 0.520. The molecule has 4 atom stereocenters. The standard InChI is InChI=1S/C25H31N3O3/c1-16-14-17-6-3-4-7-19(29)11-9-18-10-12-21(27-18)24(17)25(31-16)23(30-2)15-22(28-25)20-8-5-13-26-20/h5,8,10,12-13,15-17,24,26-27H,3-4,6-7,9,11,14H2,1-2H3/t16-,17-,24-,25?/m0/s1. The predicted octanol–water partition coefficient (Wildman–Crippen LogP) is 4.66. The lowest BCUT2D eigenvalue weighted by Gasteiger charge is -2.47. The van der Waals surface area contributed by atoms with Crippen LogP contribution in [0.25, 0.3) is 0 Å². The highest BCUT2D eigenvalue weighted by atomic mass is 16.6. The summed E-state index contributed by atoms with van der Waals surface area (Å²) in [6.07, 6.45) is 10.0. The molecule has 0 amide bonds. The van der Waals surface area contributed by atoms with E-state index in [-0.39, 0.29) is 12.0 Å². The number of carbonyl (C=O) groups excluding carboxylic acids is 1. The van der Waals surface area contributed by atoms with E-state index in [0.717, 1.165) is 60.7 Å². The SMILES string of the molecule is COC1=CC(c2ccc[nH]2)=NC12O[C@@H](C)C[C@@H]1CCCCC(=O)CCc3ccc([nH]3)[C@H]12. The summed E-state index contributed by atoms with van der Waals surface area (Å²) in [7, 11) is 1.71. The summed E-state index contributed by atoms with van der Waals surface area (Å²) >= 11 is 0. The monoisotopic (exact) mass is 421 g/mol. The van der Waals surface area contributed by atoms with Crippen LogP contribution in [0.3, 0.4) is 0 Å². The molecule has 5 heterocycles. The van der Waals surface area contributed by atoms with Gasteiger partial charge in [0.1, 0.15) is 5.78 Å². The van der Waals surface area contributed by atoms with Crippen molar-refractivity contribution in [1.29, 1.82) is 0 Å². The molecule has 0 aromatic carbocycles. The zero-order chi connectivity index (χ0) is 21.4. The van der Waals surface area contributed by atoms with Gasteiger partial charge in [-0.15, -0.1) is 0 Å². The Kier molecular flexibility index (Phi) is 5.34. The molecule has 0 saturated carbocycles. The van der Waals surface area contributed by atoms with E-state index in [0.29, 0.717) is 24.5 Å². The number of H-pyrrole nitrogens is 2. The number of methoxy groups -OCH3 is 1. The number of nitrogens with zero attached hydrogens (tertiary/aromatic N) is 1. The number of rotatable bonds is 2. The molecule has 0 radical (unpaired) electrons. The van der Waals surface area contributed by atoms with E-state index in [1.807, 2.05) is 24.4 Å². The molecule has 1 fully saturated rings. The first kappa shape index (κ1) is 20.3. The van der Waals surface area contributed by atoms with E-state index in [2.05, 4.69) is 29.0 Å². The number of aliphatic imine (C=N–C) groups is 1. The van der Waals surface area contributed by atoms with Crippen molar-refractivity contribution in [2.75, 3.05) is 7.11 Å². The molecular formula is C25H31N3O3. The number of hydrogen-bond acceptors (Lipinski definition) is 4.